The van der Waals surface area contributed by atoms with Gasteiger partial charge in [-0.05, 0) is 28.4 Å². The Balaban J connectivity index is 1.71. The Morgan fingerprint density at radius 2 is 1.61 bits per heavy atom. The predicted molar refractivity (Wildman–Crippen MR) is 148 cm³/mol. The van der Waals surface area contributed by atoms with Crippen molar-refractivity contribution in [2.45, 2.75) is 45.9 Å². The molecule has 0 saturated heterocycles. The number of hydrogen-bond acceptors (Lipinski definition) is 6. The molecule has 0 spiro atoms. The Morgan fingerprint density at radius 3 is 2.13 bits per heavy atom. The third-order valence-electron chi connectivity index (χ3n) is 6.79. The zero-order valence-corrected chi connectivity index (χ0v) is 23.4. The molecule has 0 radical (unpaired) electrons. The number of aromatic nitrogens is 2. The van der Waals surface area contributed by atoms with Crippen molar-refractivity contribution in [2.24, 2.45) is 5.92 Å². The molecular weight excluding hydrogens is 500 g/mol. The van der Waals surface area contributed by atoms with Crippen LogP contribution < -0.4 is 21.6 Å². The first-order valence-electron chi connectivity index (χ1n) is 12.6. The lowest BCUT2D eigenvalue weighted by molar-refractivity contribution is -0.143. The fraction of sp³-hybridized carbons (Fsp3) is 0.345. The van der Waals surface area contributed by atoms with Crippen LogP contribution in [0.2, 0.25) is 5.04 Å². The number of H-pyrrole nitrogens is 1. The lowest BCUT2D eigenvalue weighted by Gasteiger charge is -2.43. The number of ether oxygens (including phenoxy) is 2. The summed E-state index contributed by atoms with van der Waals surface area (Å²) in [5.74, 6) is -0.338. The largest absolute Gasteiger partial charge is 0.472 e. The Morgan fingerprint density at radius 1 is 1.03 bits per heavy atom. The van der Waals surface area contributed by atoms with Gasteiger partial charge in [0.15, 0.2) is 6.23 Å². The second-order valence-corrected chi connectivity index (χ2v) is 14.8. The van der Waals surface area contributed by atoms with Crippen LogP contribution in [-0.4, -0.2) is 37.1 Å². The topological polar surface area (TPSA) is 99.6 Å². The number of carbonyl (C=O) groups is 1. The molecule has 200 valence electrons. The van der Waals surface area contributed by atoms with Gasteiger partial charge in [0.25, 0.3) is 13.9 Å². The predicted octanol–water partition coefficient (Wildman–Crippen LogP) is 3.01. The van der Waals surface area contributed by atoms with E-state index in [2.05, 4.69) is 50.0 Å². The van der Waals surface area contributed by atoms with Crippen molar-refractivity contribution in [3.05, 3.63) is 105 Å². The van der Waals surface area contributed by atoms with Gasteiger partial charge in [0, 0.05) is 18.7 Å². The van der Waals surface area contributed by atoms with Crippen LogP contribution in [0.4, 0.5) is 0 Å². The van der Waals surface area contributed by atoms with Crippen LogP contribution in [0.15, 0.2) is 88.3 Å². The number of aromatic amines is 1. The lowest BCUT2D eigenvalue weighted by atomic mass is 10.1. The van der Waals surface area contributed by atoms with Crippen molar-refractivity contribution in [1.29, 1.82) is 0 Å². The first-order valence-corrected chi connectivity index (χ1v) is 14.5. The van der Waals surface area contributed by atoms with Gasteiger partial charge >= 0.3 is 11.7 Å². The Kier molecular flexibility index (Phi) is 7.89. The maximum atomic E-state index is 12.7. The summed E-state index contributed by atoms with van der Waals surface area (Å²) in [5, 5.41) is 2.05. The van der Waals surface area contributed by atoms with E-state index >= 15 is 0 Å². The van der Waals surface area contributed by atoms with E-state index in [-0.39, 0.29) is 18.3 Å². The minimum atomic E-state index is -2.83. The lowest BCUT2D eigenvalue weighted by Crippen LogP contribution is -2.66. The summed E-state index contributed by atoms with van der Waals surface area (Å²) < 4.78 is 19.8. The highest BCUT2D eigenvalue weighted by Crippen LogP contribution is 2.38. The molecular formula is C29H34N2O6Si. The van der Waals surface area contributed by atoms with Gasteiger partial charge in [-0.15, -0.1) is 0 Å². The van der Waals surface area contributed by atoms with Gasteiger partial charge in [-0.25, -0.2) is 4.79 Å². The Hall–Kier alpha value is -3.69. The molecule has 2 heterocycles. The third kappa shape index (κ3) is 5.44. The minimum Gasteiger partial charge on any atom is -0.472 e. The standard InChI is InChI=1S/C29H34N2O6Si/c1-20-17-31(28(34)30-26(20)33)27-22(18-35-21(2)32)16-23(37-27)19-36-38(29(3,4)5,24-12-8-6-9-13-24)25-14-10-7-11-15-25/h6-17,22,27H,18-19H2,1-5H3,(H,30,33,34)/t22-,27-/m1/s1. The molecule has 1 aliphatic rings. The van der Waals surface area contributed by atoms with E-state index in [0.717, 1.165) is 10.4 Å². The van der Waals surface area contributed by atoms with Crippen molar-refractivity contribution < 1.29 is 18.7 Å². The van der Waals surface area contributed by atoms with Crippen molar-refractivity contribution in [2.75, 3.05) is 13.2 Å². The number of esters is 1. The summed E-state index contributed by atoms with van der Waals surface area (Å²) in [7, 11) is -2.83. The molecule has 0 unspecified atom stereocenters. The zero-order valence-electron chi connectivity index (χ0n) is 22.4. The van der Waals surface area contributed by atoms with Crippen LogP contribution >= 0.6 is 0 Å². The summed E-state index contributed by atoms with van der Waals surface area (Å²) in [4.78, 5) is 38.5. The monoisotopic (exact) mass is 534 g/mol. The van der Waals surface area contributed by atoms with Gasteiger partial charge in [-0.1, -0.05) is 81.4 Å². The molecule has 2 atom stereocenters. The maximum absolute atomic E-state index is 12.7. The average Bonchev–Trinajstić information content (AvgIpc) is 3.28. The second kappa shape index (κ2) is 11.0. The Bertz CT molecular complexity index is 1380. The van der Waals surface area contributed by atoms with Gasteiger partial charge in [0.05, 0.1) is 12.5 Å². The van der Waals surface area contributed by atoms with Gasteiger partial charge in [-0.2, -0.15) is 0 Å². The van der Waals surface area contributed by atoms with E-state index in [9.17, 15) is 14.4 Å². The number of hydrogen-bond donors (Lipinski definition) is 1. The molecule has 8 nitrogen and oxygen atoms in total. The van der Waals surface area contributed by atoms with Crippen LogP contribution in [0.25, 0.3) is 0 Å². The molecule has 2 aromatic carbocycles. The summed E-state index contributed by atoms with van der Waals surface area (Å²) >= 11 is 0. The van der Waals surface area contributed by atoms with Gasteiger partial charge in [-0.3, -0.25) is 19.1 Å². The van der Waals surface area contributed by atoms with Crippen molar-refractivity contribution in [3.63, 3.8) is 0 Å². The third-order valence-corrected chi connectivity index (χ3v) is 11.8. The second-order valence-electron chi connectivity index (χ2n) is 10.5. The fourth-order valence-electron chi connectivity index (χ4n) is 5.01. The molecule has 1 aromatic heterocycles. The summed E-state index contributed by atoms with van der Waals surface area (Å²) in [6.07, 6.45) is 2.51. The van der Waals surface area contributed by atoms with Gasteiger partial charge in [0.1, 0.15) is 12.4 Å². The van der Waals surface area contributed by atoms with E-state index < -0.39 is 37.7 Å². The quantitative estimate of drug-likeness (QED) is 0.352. The van der Waals surface area contributed by atoms with E-state index in [0.29, 0.717) is 11.3 Å². The van der Waals surface area contributed by atoms with Crippen LogP contribution in [0.1, 0.15) is 39.5 Å². The molecule has 0 bridgehead atoms. The van der Waals surface area contributed by atoms with Gasteiger partial charge in [0.2, 0.25) is 0 Å². The number of nitrogens with zero attached hydrogens (tertiary/aromatic N) is 1. The minimum absolute atomic E-state index is 0.0212. The van der Waals surface area contributed by atoms with Crippen LogP contribution in [0.3, 0.4) is 0 Å². The molecule has 0 saturated carbocycles. The van der Waals surface area contributed by atoms with Gasteiger partial charge < -0.3 is 13.9 Å². The van der Waals surface area contributed by atoms with Crippen LogP contribution in [0, 0.1) is 12.8 Å². The first-order chi connectivity index (χ1) is 18.0. The number of rotatable bonds is 8. The molecule has 4 rings (SSSR count). The summed E-state index contributed by atoms with van der Waals surface area (Å²) in [6, 6.07) is 20.5. The molecule has 0 amide bonds. The van der Waals surface area contributed by atoms with Crippen molar-refractivity contribution >= 4 is 24.7 Å². The summed E-state index contributed by atoms with van der Waals surface area (Å²) in [6.45, 7) is 9.71. The highest BCUT2D eigenvalue weighted by molar-refractivity contribution is 6.99. The van der Waals surface area contributed by atoms with E-state index in [1.807, 2.05) is 42.5 Å². The number of aryl methyl sites for hydroxylation is 1. The SMILES string of the molecule is CC(=O)OC[C@H]1C=C(CO[Si](c2ccccc2)(c2ccccc2)C(C)(C)C)O[C@H]1n1cc(C)c(=O)[nH]c1=O. The normalized spacial score (nSPS) is 17.6. The average molecular weight is 535 g/mol. The molecule has 1 aliphatic heterocycles. The molecule has 9 heteroatoms. The molecule has 3 aromatic rings. The number of benzene rings is 2. The number of carbonyl (C=O) groups excluding carboxylic acids is 1. The Labute approximate surface area is 223 Å². The number of nitrogens with one attached hydrogen (secondary N) is 1. The van der Waals surface area contributed by atoms with Crippen LogP contribution in [-0.2, 0) is 18.7 Å². The molecule has 1 N–H and O–H groups in total. The van der Waals surface area contributed by atoms with E-state index in [1.165, 1.54) is 17.7 Å². The maximum Gasteiger partial charge on any atom is 0.331 e. The molecule has 0 fully saturated rings. The highest BCUT2D eigenvalue weighted by Gasteiger charge is 2.50. The van der Waals surface area contributed by atoms with Crippen molar-refractivity contribution in [3.8, 4) is 0 Å². The highest BCUT2D eigenvalue weighted by atomic mass is 28.4. The summed E-state index contributed by atoms with van der Waals surface area (Å²) in [5.41, 5.74) is -0.679. The molecule has 38 heavy (non-hydrogen) atoms. The van der Waals surface area contributed by atoms with E-state index in [1.54, 1.807) is 6.92 Å². The van der Waals surface area contributed by atoms with E-state index in [4.69, 9.17) is 13.9 Å². The molecule has 0 aliphatic carbocycles. The first kappa shape index (κ1) is 27.3. The van der Waals surface area contributed by atoms with Crippen LogP contribution in [0.5, 0.6) is 0 Å². The smallest absolute Gasteiger partial charge is 0.331 e. The van der Waals surface area contributed by atoms with Crippen molar-refractivity contribution in [1.82, 2.24) is 9.55 Å². The fourth-order valence-corrected chi connectivity index (χ4v) is 9.52. The zero-order chi connectivity index (χ0) is 27.5.